The summed E-state index contributed by atoms with van der Waals surface area (Å²) in [5, 5.41) is 7.78. The maximum absolute atomic E-state index is 6.40. The molecular formula is C20H21ClN4S2. The fraction of sp³-hybridized carbons (Fsp3) is 0.400. The van der Waals surface area contributed by atoms with Gasteiger partial charge in [0.2, 0.25) is 0 Å². The number of benzene rings is 1. The van der Waals surface area contributed by atoms with Crippen LogP contribution in [0.2, 0.25) is 5.02 Å². The van der Waals surface area contributed by atoms with E-state index in [0.29, 0.717) is 11.1 Å². The van der Waals surface area contributed by atoms with Crippen molar-refractivity contribution in [3.05, 3.63) is 55.9 Å². The molecule has 1 aromatic carbocycles. The molecule has 1 saturated carbocycles. The Bertz CT molecular complexity index is 1050. The number of aromatic nitrogens is 3. The van der Waals surface area contributed by atoms with Crippen LogP contribution in [0.3, 0.4) is 0 Å². The van der Waals surface area contributed by atoms with Crippen LogP contribution in [0.5, 0.6) is 0 Å². The minimum Gasteiger partial charge on any atom is -0.303 e. The zero-order chi connectivity index (χ0) is 18.5. The van der Waals surface area contributed by atoms with Crippen molar-refractivity contribution >= 4 is 35.2 Å². The fourth-order valence-corrected chi connectivity index (χ4v) is 5.47. The molecule has 7 heteroatoms. The van der Waals surface area contributed by atoms with E-state index in [2.05, 4.69) is 16.3 Å². The van der Waals surface area contributed by atoms with E-state index in [1.54, 1.807) is 4.88 Å². The topological polar surface area (TPSA) is 26.0 Å². The summed E-state index contributed by atoms with van der Waals surface area (Å²) in [5.74, 6) is 1.60. The van der Waals surface area contributed by atoms with Gasteiger partial charge >= 0.3 is 0 Å². The van der Waals surface area contributed by atoms with Crippen molar-refractivity contribution in [2.45, 2.75) is 32.0 Å². The van der Waals surface area contributed by atoms with Gasteiger partial charge < -0.3 is 4.57 Å². The van der Waals surface area contributed by atoms with Crippen molar-refractivity contribution in [2.75, 3.05) is 6.54 Å². The Morgan fingerprint density at radius 1 is 1.26 bits per heavy atom. The third-order valence-electron chi connectivity index (χ3n) is 5.66. The highest BCUT2D eigenvalue weighted by molar-refractivity contribution is 7.71. The predicted octanol–water partition coefficient (Wildman–Crippen LogP) is 5.30. The average Bonchev–Trinajstić information content (AvgIpc) is 3.33. The molecule has 140 valence electrons. The summed E-state index contributed by atoms with van der Waals surface area (Å²) in [6, 6.07) is 10.6. The summed E-state index contributed by atoms with van der Waals surface area (Å²) in [6.45, 7) is 1.79. The highest BCUT2D eigenvalue weighted by Gasteiger charge is 2.40. The molecule has 1 aliphatic carbocycles. The Kier molecular flexibility index (Phi) is 4.47. The second kappa shape index (κ2) is 6.85. The summed E-state index contributed by atoms with van der Waals surface area (Å²) >= 11 is 14.0. The molecule has 0 amide bonds. The number of nitrogens with zero attached hydrogens (tertiary/aromatic N) is 4. The molecule has 0 bridgehead atoms. The van der Waals surface area contributed by atoms with Crippen molar-refractivity contribution in [1.82, 2.24) is 19.2 Å². The van der Waals surface area contributed by atoms with E-state index in [4.69, 9.17) is 28.9 Å². The van der Waals surface area contributed by atoms with E-state index in [9.17, 15) is 0 Å². The lowest BCUT2D eigenvalue weighted by Gasteiger charge is -2.35. The van der Waals surface area contributed by atoms with Crippen molar-refractivity contribution in [3.63, 3.8) is 0 Å². The standard InChI is InChI=1S/C20H21ClN4S2/c1-23-19(14-4-2-3-5-16(14)21)22-25(20(23)26)12-24-10-8-17-15(9-11-27-17)18(24)13-6-7-13/h2-5,9,11,13,18H,6-8,10,12H2,1H3/t18-/m1/s1. The van der Waals surface area contributed by atoms with E-state index in [1.165, 1.54) is 18.4 Å². The number of hydrogen-bond donors (Lipinski definition) is 0. The summed E-state index contributed by atoms with van der Waals surface area (Å²) in [5.41, 5.74) is 2.45. The lowest BCUT2D eigenvalue weighted by molar-refractivity contribution is 0.117. The number of halogens is 1. The Morgan fingerprint density at radius 3 is 2.85 bits per heavy atom. The fourth-order valence-electron chi connectivity index (χ4n) is 4.15. The molecule has 3 aromatic rings. The molecule has 5 rings (SSSR count). The van der Waals surface area contributed by atoms with Crippen LogP contribution in [0.4, 0.5) is 0 Å². The molecule has 0 saturated heterocycles. The largest absolute Gasteiger partial charge is 0.303 e. The molecule has 1 fully saturated rings. The minimum absolute atomic E-state index is 0.507. The SMILES string of the molecule is Cn1c(-c2ccccc2Cl)nn(CN2CCc3sccc3[C@H]2C2CC2)c1=S. The number of thiophene rings is 1. The van der Waals surface area contributed by atoms with E-state index in [0.717, 1.165) is 41.7 Å². The van der Waals surface area contributed by atoms with Crippen molar-refractivity contribution in [3.8, 4) is 11.4 Å². The van der Waals surface area contributed by atoms with Gasteiger partial charge in [0, 0.05) is 30.1 Å². The summed E-state index contributed by atoms with van der Waals surface area (Å²) in [7, 11) is 1.97. The van der Waals surface area contributed by atoms with Gasteiger partial charge in [0.25, 0.3) is 0 Å². The van der Waals surface area contributed by atoms with Gasteiger partial charge in [-0.05, 0) is 66.5 Å². The number of fused-ring (bicyclic) bond motifs is 1. The van der Waals surface area contributed by atoms with Crippen LogP contribution in [0.1, 0.15) is 29.3 Å². The molecule has 0 spiro atoms. The lowest BCUT2D eigenvalue weighted by Crippen LogP contribution is -2.37. The monoisotopic (exact) mass is 416 g/mol. The van der Waals surface area contributed by atoms with Gasteiger partial charge in [-0.15, -0.1) is 11.3 Å². The van der Waals surface area contributed by atoms with Gasteiger partial charge in [-0.25, -0.2) is 4.68 Å². The highest BCUT2D eigenvalue weighted by Crippen LogP contribution is 2.48. The summed E-state index contributed by atoms with van der Waals surface area (Å²) in [4.78, 5) is 4.12. The molecule has 2 aliphatic rings. The smallest absolute Gasteiger partial charge is 0.199 e. The van der Waals surface area contributed by atoms with Gasteiger partial charge in [0.05, 0.1) is 11.7 Å². The Balaban J connectivity index is 1.49. The Hall–Kier alpha value is -1.47. The van der Waals surface area contributed by atoms with Gasteiger partial charge in [-0.3, -0.25) is 4.90 Å². The van der Waals surface area contributed by atoms with Gasteiger partial charge in [-0.1, -0.05) is 23.7 Å². The molecule has 0 N–H and O–H groups in total. The van der Waals surface area contributed by atoms with Crippen molar-refractivity contribution < 1.29 is 0 Å². The van der Waals surface area contributed by atoms with Crippen molar-refractivity contribution in [2.24, 2.45) is 13.0 Å². The van der Waals surface area contributed by atoms with Crippen LogP contribution in [0.15, 0.2) is 35.7 Å². The summed E-state index contributed by atoms with van der Waals surface area (Å²) in [6.07, 6.45) is 3.78. The van der Waals surface area contributed by atoms with E-state index in [1.807, 2.05) is 51.9 Å². The molecule has 2 aromatic heterocycles. The highest BCUT2D eigenvalue weighted by atomic mass is 35.5. The van der Waals surface area contributed by atoms with Crippen molar-refractivity contribution in [1.29, 1.82) is 0 Å². The molecule has 27 heavy (non-hydrogen) atoms. The van der Waals surface area contributed by atoms with Gasteiger partial charge in [0.1, 0.15) is 0 Å². The molecule has 0 radical (unpaired) electrons. The normalized spacial score (nSPS) is 20.0. The first-order chi connectivity index (χ1) is 13.1. The second-order valence-electron chi connectivity index (χ2n) is 7.43. The zero-order valence-electron chi connectivity index (χ0n) is 15.1. The Labute approximate surface area is 173 Å². The first kappa shape index (κ1) is 17.6. The Morgan fingerprint density at radius 2 is 2.07 bits per heavy atom. The maximum Gasteiger partial charge on any atom is 0.199 e. The first-order valence-corrected chi connectivity index (χ1v) is 11.0. The van der Waals surface area contributed by atoms with E-state index < -0.39 is 0 Å². The quantitative estimate of drug-likeness (QED) is 0.540. The number of hydrogen-bond acceptors (Lipinski definition) is 4. The van der Waals surface area contributed by atoms with Crippen LogP contribution in [-0.4, -0.2) is 25.8 Å². The van der Waals surface area contributed by atoms with Crippen LogP contribution in [-0.2, 0) is 20.1 Å². The first-order valence-electron chi connectivity index (χ1n) is 9.32. The summed E-state index contributed by atoms with van der Waals surface area (Å²) < 4.78 is 4.65. The van der Waals surface area contributed by atoms with Crippen LogP contribution in [0, 0.1) is 10.7 Å². The molecule has 0 unspecified atom stereocenters. The molecule has 4 nitrogen and oxygen atoms in total. The second-order valence-corrected chi connectivity index (χ2v) is 9.20. The van der Waals surface area contributed by atoms with Gasteiger partial charge in [0.15, 0.2) is 10.6 Å². The lowest BCUT2D eigenvalue weighted by atomic mass is 9.96. The zero-order valence-corrected chi connectivity index (χ0v) is 17.5. The maximum atomic E-state index is 6.40. The van der Waals surface area contributed by atoms with Crippen LogP contribution >= 0.6 is 35.2 Å². The van der Waals surface area contributed by atoms with Crippen LogP contribution in [0.25, 0.3) is 11.4 Å². The molecule has 1 aliphatic heterocycles. The average molecular weight is 417 g/mol. The van der Waals surface area contributed by atoms with E-state index in [-0.39, 0.29) is 0 Å². The van der Waals surface area contributed by atoms with E-state index >= 15 is 0 Å². The third kappa shape index (κ3) is 3.09. The van der Waals surface area contributed by atoms with Gasteiger partial charge in [-0.2, -0.15) is 5.10 Å². The number of rotatable bonds is 4. The van der Waals surface area contributed by atoms with Crippen LogP contribution < -0.4 is 0 Å². The molecule has 1 atom stereocenters. The molecular weight excluding hydrogens is 396 g/mol. The predicted molar refractivity (Wildman–Crippen MR) is 113 cm³/mol. The third-order valence-corrected chi connectivity index (χ3v) is 7.47. The minimum atomic E-state index is 0.507. The molecule has 3 heterocycles.